The van der Waals surface area contributed by atoms with Crippen molar-refractivity contribution >= 4 is 0 Å². The summed E-state index contributed by atoms with van der Waals surface area (Å²) in [7, 11) is 0. The number of hydrogen-bond donors (Lipinski definition) is 1. The summed E-state index contributed by atoms with van der Waals surface area (Å²) in [5.74, 6) is 0.612. The largest absolute Gasteiger partial charge is 0.508 e. The van der Waals surface area contributed by atoms with Crippen LogP contribution in [0.1, 0.15) is 24.4 Å². The number of rotatable bonds is 2. The van der Waals surface area contributed by atoms with E-state index in [9.17, 15) is 9.50 Å². The standard InChI is InChI=1S/C14H16FN3O/c1-10(12-3-2-11(19)8-13(12)15)18-7-6-17-5-4-16-14(17)9-18/h2-5,8,10,19H,6-7,9H2,1H3. The van der Waals surface area contributed by atoms with E-state index in [2.05, 4.69) is 14.5 Å². The second-order valence-corrected chi connectivity index (χ2v) is 4.89. The highest BCUT2D eigenvalue weighted by Crippen LogP contribution is 2.28. The van der Waals surface area contributed by atoms with Gasteiger partial charge in [-0.05, 0) is 13.0 Å². The molecule has 0 amide bonds. The van der Waals surface area contributed by atoms with Crippen LogP contribution in [0, 0.1) is 5.82 Å². The van der Waals surface area contributed by atoms with Gasteiger partial charge in [-0.1, -0.05) is 6.07 Å². The molecule has 5 heteroatoms. The molecule has 0 radical (unpaired) electrons. The Morgan fingerprint density at radius 1 is 1.37 bits per heavy atom. The summed E-state index contributed by atoms with van der Waals surface area (Å²) in [5, 5.41) is 9.27. The van der Waals surface area contributed by atoms with Crippen LogP contribution in [0.5, 0.6) is 5.75 Å². The van der Waals surface area contributed by atoms with Gasteiger partial charge in [0, 0.05) is 43.2 Å². The summed E-state index contributed by atoms with van der Waals surface area (Å²) < 4.78 is 16.0. The van der Waals surface area contributed by atoms with E-state index in [4.69, 9.17) is 0 Å². The number of phenols is 1. The number of imidazole rings is 1. The zero-order valence-electron chi connectivity index (χ0n) is 10.8. The summed E-state index contributed by atoms with van der Waals surface area (Å²) in [6.45, 7) is 4.44. The Bertz CT molecular complexity index is 596. The van der Waals surface area contributed by atoms with E-state index in [1.165, 1.54) is 6.07 Å². The molecular formula is C14H16FN3O. The van der Waals surface area contributed by atoms with Crippen molar-refractivity contribution in [2.75, 3.05) is 6.54 Å². The van der Waals surface area contributed by atoms with Gasteiger partial charge in [0.25, 0.3) is 0 Å². The minimum atomic E-state index is -0.360. The van der Waals surface area contributed by atoms with Gasteiger partial charge in [0.2, 0.25) is 0 Å². The van der Waals surface area contributed by atoms with Crippen LogP contribution in [0.3, 0.4) is 0 Å². The first kappa shape index (κ1) is 12.2. The van der Waals surface area contributed by atoms with Gasteiger partial charge in [0.15, 0.2) is 0 Å². The second kappa shape index (κ2) is 4.66. The summed E-state index contributed by atoms with van der Waals surface area (Å²) in [4.78, 5) is 6.50. The highest BCUT2D eigenvalue weighted by atomic mass is 19.1. The van der Waals surface area contributed by atoms with Gasteiger partial charge in [0.1, 0.15) is 17.4 Å². The van der Waals surface area contributed by atoms with Gasteiger partial charge in [-0.15, -0.1) is 0 Å². The Balaban J connectivity index is 1.83. The van der Waals surface area contributed by atoms with Crippen LogP contribution in [0.2, 0.25) is 0 Å². The molecular weight excluding hydrogens is 245 g/mol. The van der Waals surface area contributed by atoms with Crippen LogP contribution in [-0.4, -0.2) is 26.1 Å². The van der Waals surface area contributed by atoms with E-state index in [0.29, 0.717) is 12.1 Å². The normalized spacial score (nSPS) is 17.2. The van der Waals surface area contributed by atoms with Gasteiger partial charge in [-0.2, -0.15) is 0 Å². The maximum absolute atomic E-state index is 13.9. The number of phenolic OH excluding ortho intramolecular Hbond substituents is 1. The average Bonchev–Trinajstić information content (AvgIpc) is 2.85. The number of nitrogens with zero attached hydrogens (tertiary/aromatic N) is 3. The molecule has 19 heavy (non-hydrogen) atoms. The first-order chi connectivity index (χ1) is 9.15. The number of hydrogen-bond acceptors (Lipinski definition) is 3. The Hall–Kier alpha value is -1.88. The molecule has 1 aliphatic heterocycles. The molecule has 2 heterocycles. The molecule has 4 nitrogen and oxygen atoms in total. The molecule has 0 fully saturated rings. The van der Waals surface area contributed by atoms with Crippen LogP contribution >= 0.6 is 0 Å². The van der Waals surface area contributed by atoms with Gasteiger partial charge in [-0.25, -0.2) is 9.37 Å². The Morgan fingerprint density at radius 3 is 3.00 bits per heavy atom. The third kappa shape index (κ3) is 2.21. The third-order valence-electron chi connectivity index (χ3n) is 3.76. The number of aromatic nitrogens is 2. The molecule has 0 bridgehead atoms. The lowest BCUT2D eigenvalue weighted by Gasteiger charge is -2.33. The smallest absolute Gasteiger partial charge is 0.131 e. The number of halogens is 1. The molecule has 3 rings (SSSR count). The first-order valence-corrected chi connectivity index (χ1v) is 6.37. The lowest BCUT2D eigenvalue weighted by molar-refractivity contribution is 0.160. The molecule has 0 spiro atoms. The fraction of sp³-hybridized carbons (Fsp3) is 0.357. The van der Waals surface area contributed by atoms with Crippen molar-refractivity contribution < 1.29 is 9.50 Å². The lowest BCUT2D eigenvalue weighted by atomic mass is 10.1. The molecule has 2 aromatic rings. The third-order valence-corrected chi connectivity index (χ3v) is 3.76. The van der Waals surface area contributed by atoms with Crippen LogP contribution in [0.25, 0.3) is 0 Å². The average molecular weight is 261 g/mol. The monoisotopic (exact) mass is 261 g/mol. The van der Waals surface area contributed by atoms with E-state index >= 15 is 0 Å². The van der Waals surface area contributed by atoms with Gasteiger partial charge < -0.3 is 9.67 Å². The molecule has 1 aliphatic rings. The van der Waals surface area contributed by atoms with Gasteiger partial charge in [-0.3, -0.25) is 4.90 Å². The van der Waals surface area contributed by atoms with Crippen molar-refractivity contribution in [3.05, 3.63) is 47.8 Å². The highest BCUT2D eigenvalue weighted by Gasteiger charge is 2.24. The molecule has 100 valence electrons. The zero-order valence-corrected chi connectivity index (χ0v) is 10.8. The van der Waals surface area contributed by atoms with Crippen LogP contribution in [0.15, 0.2) is 30.6 Å². The predicted molar refractivity (Wildman–Crippen MR) is 69.1 cm³/mol. The molecule has 1 atom stereocenters. The molecule has 0 saturated heterocycles. The number of benzene rings is 1. The summed E-state index contributed by atoms with van der Waals surface area (Å²) in [6.07, 6.45) is 3.77. The minimum Gasteiger partial charge on any atom is -0.508 e. The SMILES string of the molecule is CC(c1ccc(O)cc1F)N1CCn2ccnc2C1. The lowest BCUT2D eigenvalue weighted by Crippen LogP contribution is -2.35. The summed E-state index contributed by atoms with van der Waals surface area (Å²) in [6, 6.07) is 4.30. The van der Waals surface area contributed by atoms with Gasteiger partial charge >= 0.3 is 0 Å². The molecule has 1 N–H and O–H groups in total. The quantitative estimate of drug-likeness (QED) is 0.902. The molecule has 1 unspecified atom stereocenters. The van der Waals surface area contributed by atoms with E-state index < -0.39 is 0 Å². The summed E-state index contributed by atoms with van der Waals surface area (Å²) >= 11 is 0. The zero-order chi connectivity index (χ0) is 13.4. The van der Waals surface area contributed by atoms with Crippen molar-refractivity contribution in [1.29, 1.82) is 0 Å². The van der Waals surface area contributed by atoms with Crippen LogP contribution < -0.4 is 0 Å². The molecule has 0 saturated carbocycles. The van der Waals surface area contributed by atoms with Gasteiger partial charge in [0.05, 0.1) is 6.54 Å². The minimum absolute atomic E-state index is 0.0361. The van der Waals surface area contributed by atoms with E-state index in [-0.39, 0.29) is 17.6 Å². The molecule has 1 aromatic heterocycles. The van der Waals surface area contributed by atoms with E-state index in [0.717, 1.165) is 25.0 Å². The fourth-order valence-corrected chi connectivity index (χ4v) is 2.57. The molecule has 0 aliphatic carbocycles. The van der Waals surface area contributed by atoms with E-state index in [1.54, 1.807) is 12.3 Å². The maximum atomic E-state index is 13.9. The second-order valence-electron chi connectivity index (χ2n) is 4.89. The Morgan fingerprint density at radius 2 is 2.21 bits per heavy atom. The number of aromatic hydroxyl groups is 1. The summed E-state index contributed by atoms with van der Waals surface area (Å²) in [5.41, 5.74) is 0.609. The highest BCUT2D eigenvalue weighted by molar-refractivity contribution is 5.29. The topological polar surface area (TPSA) is 41.3 Å². The first-order valence-electron chi connectivity index (χ1n) is 6.37. The van der Waals surface area contributed by atoms with E-state index in [1.807, 2.05) is 13.1 Å². The Labute approximate surface area is 111 Å². The van der Waals surface area contributed by atoms with Crippen LogP contribution in [0.4, 0.5) is 4.39 Å². The van der Waals surface area contributed by atoms with Crippen molar-refractivity contribution in [2.24, 2.45) is 0 Å². The van der Waals surface area contributed by atoms with Crippen molar-refractivity contribution in [1.82, 2.24) is 14.5 Å². The van der Waals surface area contributed by atoms with Crippen molar-refractivity contribution in [3.8, 4) is 5.75 Å². The molecule has 1 aromatic carbocycles. The van der Waals surface area contributed by atoms with Crippen molar-refractivity contribution in [3.63, 3.8) is 0 Å². The maximum Gasteiger partial charge on any atom is 0.131 e. The Kier molecular flexibility index (Phi) is 2.98. The van der Waals surface area contributed by atoms with Crippen LogP contribution in [-0.2, 0) is 13.1 Å². The number of fused-ring (bicyclic) bond motifs is 1. The fourth-order valence-electron chi connectivity index (χ4n) is 2.57. The predicted octanol–water partition coefficient (Wildman–Crippen LogP) is 2.30. The van der Waals surface area contributed by atoms with Crippen molar-refractivity contribution in [2.45, 2.75) is 26.1 Å².